The number of anilines is 1. The predicted molar refractivity (Wildman–Crippen MR) is 128 cm³/mol. The largest absolute Gasteiger partial charge is 0.463 e. The molecule has 1 aromatic heterocycles. The number of carbonyl (C=O) groups excluding carboxylic acids is 4. The minimum Gasteiger partial charge on any atom is -0.463 e. The zero-order chi connectivity index (χ0) is 26.4. The molecule has 2 heterocycles. The summed E-state index contributed by atoms with van der Waals surface area (Å²) in [6.45, 7) is 6.43. The zero-order valence-corrected chi connectivity index (χ0v) is 21.3. The first-order valence-electron chi connectivity index (χ1n) is 11.1. The molecule has 11 nitrogen and oxygen atoms in total. The van der Waals surface area contributed by atoms with Crippen LogP contribution in [0.15, 0.2) is 30.5 Å². The molecule has 12 heteroatoms. The number of benzene rings is 1. The summed E-state index contributed by atoms with van der Waals surface area (Å²) in [6, 6.07) is 7.92. The number of aromatic nitrogens is 1. The summed E-state index contributed by atoms with van der Waals surface area (Å²) in [5.41, 5.74) is 2.09. The number of ether oxygens (including phenoxy) is 5. The van der Waals surface area contributed by atoms with Gasteiger partial charge < -0.3 is 29.0 Å². The summed E-state index contributed by atoms with van der Waals surface area (Å²) in [4.78, 5) is 52.4. The Hall–Kier alpha value is -3.51. The van der Waals surface area contributed by atoms with Crippen LogP contribution >= 0.6 is 11.3 Å². The van der Waals surface area contributed by atoms with Gasteiger partial charge in [0.25, 0.3) is 0 Å². The van der Waals surface area contributed by atoms with Crippen LogP contribution in [0.1, 0.15) is 33.3 Å². The molecule has 1 saturated heterocycles. The van der Waals surface area contributed by atoms with E-state index in [1.807, 2.05) is 31.2 Å². The van der Waals surface area contributed by atoms with E-state index in [2.05, 4.69) is 10.3 Å². The van der Waals surface area contributed by atoms with Crippen molar-refractivity contribution in [2.75, 3.05) is 11.9 Å². The van der Waals surface area contributed by atoms with Crippen molar-refractivity contribution in [3.8, 4) is 10.4 Å². The van der Waals surface area contributed by atoms with Crippen LogP contribution < -0.4 is 5.32 Å². The molecule has 1 N–H and O–H groups in total. The van der Waals surface area contributed by atoms with Gasteiger partial charge in [0.2, 0.25) is 0 Å². The smallest absolute Gasteiger partial charge is 0.303 e. The standard InChI is InChI=1S/C24H28N2O9S/c1-12-6-8-17(9-7-12)19-10-25-24(36-19)26-23-22(34-16(5)30)21(33-15(4)29)20(32-14(3)28)18(35-23)11-31-13(2)27/h6-10,18,20-23H,11H2,1-5H3,(H,25,26)/t18-,20+,21+,22+,23-/m0/s1. The van der Waals surface area contributed by atoms with Crippen LogP contribution in [0.4, 0.5) is 5.13 Å². The summed E-state index contributed by atoms with van der Waals surface area (Å²) in [5, 5.41) is 3.50. The number of nitrogens with zero attached hydrogens (tertiary/aromatic N) is 1. The normalized spacial score (nSPS) is 23.3. The fraction of sp³-hybridized carbons (Fsp3) is 0.458. The van der Waals surface area contributed by atoms with Crippen LogP contribution in [0.25, 0.3) is 10.4 Å². The second-order valence-corrected chi connectivity index (χ2v) is 9.19. The average Bonchev–Trinajstić information content (AvgIpc) is 3.24. The molecule has 3 rings (SSSR count). The first-order valence-corrected chi connectivity index (χ1v) is 11.9. The lowest BCUT2D eigenvalue weighted by Crippen LogP contribution is -2.64. The molecule has 1 fully saturated rings. The third kappa shape index (κ3) is 7.25. The SMILES string of the molecule is CC(=O)OC[C@@H]1O[C@H](Nc2ncc(-c3ccc(C)cc3)s2)[C@H](OC(C)=O)[C@H](OC(C)=O)[C@@H]1OC(C)=O. The van der Waals surface area contributed by atoms with Crippen molar-refractivity contribution >= 4 is 40.3 Å². The first kappa shape index (κ1) is 27.1. The second kappa shape index (κ2) is 12.0. The number of nitrogens with one attached hydrogen (secondary N) is 1. The van der Waals surface area contributed by atoms with E-state index in [-0.39, 0.29) is 6.61 Å². The van der Waals surface area contributed by atoms with E-state index in [1.165, 1.54) is 39.0 Å². The third-order valence-electron chi connectivity index (χ3n) is 5.10. The van der Waals surface area contributed by atoms with E-state index in [9.17, 15) is 19.2 Å². The average molecular weight is 521 g/mol. The minimum absolute atomic E-state index is 0.303. The summed E-state index contributed by atoms with van der Waals surface area (Å²) < 4.78 is 27.4. The van der Waals surface area contributed by atoms with Crippen LogP contribution in [-0.4, -0.2) is 66.1 Å². The van der Waals surface area contributed by atoms with Crippen LogP contribution in [0.5, 0.6) is 0 Å². The van der Waals surface area contributed by atoms with Crippen molar-refractivity contribution in [2.24, 2.45) is 0 Å². The fourth-order valence-corrected chi connectivity index (χ4v) is 4.51. The minimum atomic E-state index is -1.25. The highest BCUT2D eigenvalue weighted by Crippen LogP contribution is 2.33. The molecule has 1 aliphatic rings. The molecule has 0 radical (unpaired) electrons. The van der Waals surface area contributed by atoms with E-state index in [0.717, 1.165) is 16.0 Å². The van der Waals surface area contributed by atoms with E-state index in [4.69, 9.17) is 23.7 Å². The summed E-state index contributed by atoms with van der Waals surface area (Å²) >= 11 is 1.33. The highest BCUT2D eigenvalue weighted by Gasteiger charge is 2.52. The highest BCUT2D eigenvalue weighted by atomic mass is 32.1. The van der Waals surface area contributed by atoms with Gasteiger partial charge >= 0.3 is 23.9 Å². The lowest BCUT2D eigenvalue weighted by Gasteiger charge is -2.44. The van der Waals surface area contributed by atoms with Gasteiger partial charge in [-0.1, -0.05) is 41.2 Å². The lowest BCUT2D eigenvalue weighted by molar-refractivity contribution is -0.247. The number of aryl methyl sites for hydroxylation is 1. The second-order valence-electron chi connectivity index (χ2n) is 8.16. The highest BCUT2D eigenvalue weighted by molar-refractivity contribution is 7.18. The summed E-state index contributed by atoms with van der Waals surface area (Å²) in [6.07, 6.45) is -4.11. The summed E-state index contributed by atoms with van der Waals surface area (Å²) in [7, 11) is 0. The number of thiazole rings is 1. The molecule has 0 spiro atoms. The van der Waals surface area contributed by atoms with Gasteiger partial charge in [-0.3, -0.25) is 19.2 Å². The van der Waals surface area contributed by atoms with Crippen molar-refractivity contribution in [2.45, 2.75) is 65.3 Å². The molecule has 5 atom stereocenters. The zero-order valence-electron chi connectivity index (χ0n) is 20.5. The number of rotatable bonds is 8. The van der Waals surface area contributed by atoms with Crippen LogP contribution in [0.3, 0.4) is 0 Å². The Balaban J connectivity index is 1.94. The number of carbonyl (C=O) groups is 4. The molecule has 2 aromatic rings. The predicted octanol–water partition coefficient (Wildman–Crippen LogP) is 2.61. The molecule has 1 aromatic carbocycles. The van der Waals surface area contributed by atoms with E-state index >= 15 is 0 Å². The topological polar surface area (TPSA) is 139 Å². The third-order valence-corrected chi connectivity index (χ3v) is 6.08. The Labute approximate surface area is 212 Å². The quantitative estimate of drug-likeness (QED) is 0.406. The van der Waals surface area contributed by atoms with Gasteiger partial charge in [-0.25, -0.2) is 4.98 Å². The van der Waals surface area contributed by atoms with Gasteiger partial charge in [0.15, 0.2) is 29.7 Å². The number of hydrogen-bond donors (Lipinski definition) is 1. The molecule has 0 saturated carbocycles. The molecule has 1 aliphatic heterocycles. The van der Waals surface area contributed by atoms with Gasteiger partial charge in [0.05, 0.1) is 4.88 Å². The molecule has 0 unspecified atom stereocenters. The van der Waals surface area contributed by atoms with Gasteiger partial charge in [-0.2, -0.15) is 0 Å². The van der Waals surface area contributed by atoms with Crippen molar-refractivity contribution in [3.05, 3.63) is 36.0 Å². The Kier molecular flexibility index (Phi) is 8.99. The molecular weight excluding hydrogens is 492 g/mol. The maximum absolute atomic E-state index is 11.9. The first-order chi connectivity index (χ1) is 17.0. The number of hydrogen-bond acceptors (Lipinski definition) is 12. The Morgan fingerprint density at radius 2 is 1.47 bits per heavy atom. The summed E-state index contributed by atoms with van der Waals surface area (Å²) in [5.74, 6) is -2.65. The molecule has 36 heavy (non-hydrogen) atoms. The molecular formula is C24H28N2O9S. The monoisotopic (exact) mass is 520 g/mol. The lowest BCUT2D eigenvalue weighted by atomic mass is 9.97. The van der Waals surface area contributed by atoms with Gasteiger partial charge in [-0.15, -0.1) is 0 Å². The van der Waals surface area contributed by atoms with Crippen LogP contribution in [-0.2, 0) is 42.9 Å². The van der Waals surface area contributed by atoms with E-state index < -0.39 is 54.5 Å². The van der Waals surface area contributed by atoms with Crippen molar-refractivity contribution in [1.29, 1.82) is 0 Å². The van der Waals surface area contributed by atoms with Crippen molar-refractivity contribution in [1.82, 2.24) is 4.98 Å². The fourth-order valence-electron chi connectivity index (χ4n) is 3.66. The van der Waals surface area contributed by atoms with Crippen LogP contribution in [0.2, 0.25) is 0 Å². The maximum Gasteiger partial charge on any atom is 0.303 e. The number of esters is 4. The van der Waals surface area contributed by atoms with E-state index in [0.29, 0.717) is 5.13 Å². The van der Waals surface area contributed by atoms with Crippen LogP contribution in [0, 0.1) is 6.92 Å². The Morgan fingerprint density at radius 1 is 0.889 bits per heavy atom. The van der Waals surface area contributed by atoms with E-state index in [1.54, 1.807) is 6.20 Å². The molecule has 0 bridgehead atoms. The van der Waals surface area contributed by atoms with Crippen molar-refractivity contribution in [3.63, 3.8) is 0 Å². The molecule has 0 aliphatic carbocycles. The molecule has 0 amide bonds. The molecule has 194 valence electrons. The Morgan fingerprint density at radius 3 is 2.06 bits per heavy atom. The maximum atomic E-state index is 11.9. The van der Waals surface area contributed by atoms with Crippen molar-refractivity contribution < 1.29 is 42.9 Å². The van der Waals surface area contributed by atoms with Gasteiger partial charge in [0, 0.05) is 33.9 Å². The van der Waals surface area contributed by atoms with Gasteiger partial charge in [0.1, 0.15) is 12.7 Å². The Bertz CT molecular complexity index is 1100. The van der Waals surface area contributed by atoms with Gasteiger partial charge in [-0.05, 0) is 12.5 Å².